The predicted molar refractivity (Wildman–Crippen MR) is 144 cm³/mol. The number of pyridine rings is 2. The van der Waals surface area contributed by atoms with E-state index in [1.807, 2.05) is 32.4 Å². The first-order chi connectivity index (χ1) is 19.0. The molecule has 4 aromatic rings. The van der Waals surface area contributed by atoms with E-state index in [1.54, 1.807) is 34.7 Å². The van der Waals surface area contributed by atoms with Crippen LogP contribution in [-0.2, 0) is 4.74 Å². The molecule has 1 aliphatic rings. The lowest BCUT2D eigenvalue weighted by atomic mass is 10.0. The Morgan fingerprint density at radius 2 is 1.95 bits per heavy atom. The third kappa shape index (κ3) is 5.51. The van der Waals surface area contributed by atoms with Crippen molar-refractivity contribution in [2.75, 3.05) is 13.1 Å². The Labute approximate surface area is 230 Å². The lowest BCUT2D eigenvalue weighted by Crippen LogP contribution is -2.42. The van der Waals surface area contributed by atoms with Gasteiger partial charge < -0.3 is 14.4 Å². The smallest absolute Gasteiger partial charge is 0.410 e. The highest BCUT2D eigenvalue weighted by Crippen LogP contribution is 2.34. The number of hydrogen-bond donors (Lipinski definition) is 0. The molecule has 0 aromatic carbocycles. The summed E-state index contributed by atoms with van der Waals surface area (Å²) in [6.45, 7) is 10.4. The summed E-state index contributed by atoms with van der Waals surface area (Å²) >= 11 is 0. The molecule has 1 atom stereocenters. The van der Waals surface area contributed by atoms with Crippen LogP contribution >= 0.6 is 0 Å². The number of hydrogen-bond acceptors (Lipinski definition) is 8. The molecule has 11 nitrogen and oxygen atoms in total. The fourth-order valence-electron chi connectivity index (χ4n) is 4.87. The topological polar surface area (TPSA) is 117 Å². The minimum atomic E-state index is -0.538. The van der Waals surface area contributed by atoms with Gasteiger partial charge in [-0.05, 0) is 65.7 Å². The molecule has 4 aromatic heterocycles. The molecule has 0 bridgehead atoms. The minimum absolute atomic E-state index is 0.0790. The molecule has 1 fully saturated rings. The second kappa shape index (κ2) is 10.7. The molecule has 1 unspecified atom stereocenters. The van der Waals surface area contributed by atoms with E-state index in [0.717, 1.165) is 31.0 Å². The molecule has 12 heteroatoms. The van der Waals surface area contributed by atoms with Crippen LogP contribution in [0, 0.1) is 12.7 Å². The molecule has 1 aliphatic heterocycles. The molecular weight excluding hydrogens is 517 g/mol. The van der Waals surface area contributed by atoms with Gasteiger partial charge >= 0.3 is 6.09 Å². The zero-order valence-corrected chi connectivity index (χ0v) is 23.2. The lowest BCUT2D eigenvalue weighted by Gasteiger charge is -2.33. The van der Waals surface area contributed by atoms with Crippen molar-refractivity contribution in [2.24, 2.45) is 0 Å². The Morgan fingerprint density at radius 3 is 2.60 bits per heavy atom. The standard InChI is InChI=1S/C28H32FN7O4/c1-17-25(32-33-36(17)22-8-10-34(11-9-22)27(38)40-28(3,4)5)19-12-24(26-20(16-37)13-31-35(26)15-19)39-18(2)23-7-6-21(29)14-30-23/h6-7,12-16,18,22H,8-11H2,1-5H3. The van der Waals surface area contributed by atoms with Crippen molar-refractivity contribution >= 4 is 17.9 Å². The molecule has 210 valence electrons. The molecule has 0 aliphatic carbocycles. The average Bonchev–Trinajstić information content (AvgIpc) is 3.51. The van der Waals surface area contributed by atoms with Gasteiger partial charge in [-0.15, -0.1) is 5.10 Å². The number of piperidine rings is 1. The summed E-state index contributed by atoms with van der Waals surface area (Å²) in [5.41, 5.74) is 3.09. The molecule has 0 spiro atoms. The Balaban J connectivity index is 1.41. The summed E-state index contributed by atoms with van der Waals surface area (Å²) in [6.07, 6.45) is 5.73. The summed E-state index contributed by atoms with van der Waals surface area (Å²) < 4.78 is 28.6. The van der Waals surface area contributed by atoms with E-state index < -0.39 is 17.5 Å². The number of carbonyl (C=O) groups excluding carboxylic acids is 2. The molecule has 1 amide bonds. The van der Waals surface area contributed by atoms with Crippen LogP contribution in [0.4, 0.5) is 9.18 Å². The van der Waals surface area contributed by atoms with Crippen LogP contribution in [0.1, 0.15) is 74.4 Å². The van der Waals surface area contributed by atoms with Crippen LogP contribution in [0.15, 0.2) is 36.8 Å². The largest absolute Gasteiger partial charge is 0.482 e. The van der Waals surface area contributed by atoms with E-state index in [-0.39, 0.29) is 12.1 Å². The summed E-state index contributed by atoms with van der Waals surface area (Å²) in [7, 11) is 0. The van der Waals surface area contributed by atoms with Crippen molar-refractivity contribution in [1.29, 1.82) is 0 Å². The van der Waals surface area contributed by atoms with E-state index in [0.29, 0.717) is 46.9 Å². The van der Waals surface area contributed by atoms with Crippen molar-refractivity contribution in [3.8, 4) is 17.0 Å². The Morgan fingerprint density at radius 1 is 1.20 bits per heavy atom. The van der Waals surface area contributed by atoms with E-state index in [9.17, 15) is 14.0 Å². The van der Waals surface area contributed by atoms with Gasteiger partial charge in [0.25, 0.3) is 0 Å². The summed E-state index contributed by atoms with van der Waals surface area (Å²) in [5.74, 6) is -0.0243. The monoisotopic (exact) mass is 549 g/mol. The first kappa shape index (κ1) is 27.2. The van der Waals surface area contributed by atoms with Gasteiger partial charge in [-0.3, -0.25) is 9.78 Å². The van der Waals surface area contributed by atoms with Crippen LogP contribution < -0.4 is 4.74 Å². The molecule has 0 N–H and O–H groups in total. The number of aldehydes is 1. The zero-order chi connectivity index (χ0) is 28.6. The van der Waals surface area contributed by atoms with Crippen LogP contribution in [0.5, 0.6) is 5.75 Å². The van der Waals surface area contributed by atoms with E-state index in [2.05, 4.69) is 20.4 Å². The molecular formula is C28H32FN7O4. The maximum atomic E-state index is 13.4. The maximum absolute atomic E-state index is 13.4. The third-order valence-electron chi connectivity index (χ3n) is 6.87. The summed E-state index contributed by atoms with van der Waals surface area (Å²) in [5, 5.41) is 13.3. The second-order valence-corrected chi connectivity index (χ2v) is 10.9. The van der Waals surface area contributed by atoms with Gasteiger partial charge in [0.1, 0.15) is 34.5 Å². The minimum Gasteiger partial charge on any atom is -0.482 e. The molecule has 5 heterocycles. The predicted octanol–water partition coefficient (Wildman–Crippen LogP) is 4.96. The quantitative estimate of drug-likeness (QED) is 0.310. The number of rotatable bonds is 6. The molecule has 0 saturated carbocycles. The number of aromatic nitrogens is 6. The van der Waals surface area contributed by atoms with Gasteiger partial charge in [-0.2, -0.15) is 5.10 Å². The normalized spacial score (nSPS) is 15.3. The highest BCUT2D eigenvalue weighted by atomic mass is 19.1. The lowest BCUT2D eigenvalue weighted by molar-refractivity contribution is 0.0183. The van der Waals surface area contributed by atoms with E-state index in [4.69, 9.17) is 9.47 Å². The van der Waals surface area contributed by atoms with E-state index >= 15 is 0 Å². The fourth-order valence-corrected chi connectivity index (χ4v) is 4.87. The van der Waals surface area contributed by atoms with Crippen molar-refractivity contribution in [3.63, 3.8) is 0 Å². The average molecular weight is 550 g/mol. The number of fused-ring (bicyclic) bond motifs is 1. The highest BCUT2D eigenvalue weighted by Gasteiger charge is 2.29. The third-order valence-corrected chi connectivity index (χ3v) is 6.87. The Hall–Kier alpha value is -4.35. The number of likely N-dealkylation sites (tertiary alicyclic amines) is 1. The SMILES string of the molecule is Cc1c(-c2cc(OC(C)c3ccc(F)cn3)c3c(C=O)cnn3c2)nnn1C1CCN(C(=O)OC(C)(C)C)CC1. The number of amides is 1. The van der Waals surface area contributed by atoms with Gasteiger partial charge in [-0.1, -0.05) is 5.21 Å². The van der Waals surface area contributed by atoms with Crippen molar-refractivity contribution in [1.82, 2.24) is 34.5 Å². The highest BCUT2D eigenvalue weighted by molar-refractivity contribution is 5.89. The van der Waals surface area contributed by atoms with Gasteiger partial charge in [0.2, 0.25) is 0 Å². The fraction of sp³-hybridized carbons (Fsp3) is 0.429. The maximum Gasteiger partial charge on any atom is 0.410 e. The van der Waals surface area contributed by atoms with Gasteiger partial charge in [-0.25, -0.2) is 18.4 Å². The van der Waals surface area contributed by atoms with Gasteiger partial charge in [0.05, 0.1) is 35.4 Å². The first-order valence-electron chi connectivity index (χ1n) is 13.2. The second-order valence-electron chi connectivity index (χ2n) is 10.9. The van der Waals surface area contributed by atoms with Crippen LogP contribution in [0.3, 0.4) is 0 Å². The van der Waals surface area contributed by atoms with Gasteiger partial charge in [0, 0.05) is 24.8 Å². The zero-order valence-electron chi connectivity index (χ0n) is 23.2. The molecule has 1 saturated heterocycles. The van der Waals surface area contributed by atoms with E-state index in [1.165, 1.54) is 12.3 Å². The van der Waals surface area contributed by atoms with Crippen molar-refractivity contribution in [2.45, 2.75) is 65.2 Å². The Bertz CT molecular complexity index is 1530. The van der Waals surface area contributed by atoms with Crippen LogP contribution in [0.2, 0.25) is 0 Å². The van der Waals surface area contributed by atoms with Crippen LogP contribution in [0.25, 0.3) is 16.8 Å². The number of carbonyl (C=O) groups is 2. The molecule has 0 radical (unpaired) electrons. The van der Waals surface area contributed by atoms with Gasteiger partial charge in [0.15, 0.2) is 6.29 Å². The Kier molecular flexibility index (Phi) is 7.26. The van der Waals surface area contributed by atoms with Crippen LogP contribution in [-0.4, -0.2) is 65.6 Å². The molecule has 5 rings (SSSR count). The summed E-state index contributed by atoms with van der Waals surface area (Å²) in [6, 6.07) is 4.76. The number of ether oxygens (including phenoxy) is 2. The number of halogens is 1. The van der Waals surface area contributed by atoms with Crippen molar-refractivity contribution < 1.29 is 23.5 Å². The summed E-state index contributed by atoms with van der Waals surface area (Å²) in [4.78, 5) is 30.0. The number of nitrogens with zero attached hydrogens (tertiary/aromatic N) is 7. The molecule has 40 heavy (non-hydrogen) atoms. The first-order valence-corrected chi connectivity index (χ1v) is 13.2. The van der Waals surface area contributed by atoms with Crippen molar-refractivity contribution in [3.05, 3.63) is 59.6 Å².